The Bertz CT molecular complexity index is 808. The van der Waals surface area contributed by atoms with Crippen molar-refractivity contribution in [2.75, 3.05) is 33.4 Å². The van der Waals surface area contributed by atoms with E-state index in [9.17, 15) is 8.42 Å². The zero-order valence-corrected chi connectivity index (χ0v) is 15.9. The minimum absolute atomic E-state index is 0.146. The summed E-state index contributed by atoms with van der Waals surface area (Å²) in [4.78, 5) is 0. The highest BCUT2D eigenvalue weighted by Crippen LogP contribution is 2.32. The molecule has 0 aliphatic carbocycles. The Morgan fingerprint density at radius 1 is 1.33 bits per heavy atom. The molecule has 0 atom stereocenters. The van der Waals surface area contributed by atoms with Gasteiger partial charge in [-0.2, -0.15) is 0 Å². The topological polar surface area (TPSA) is 67.4 Å². The van der Waals surface area contributed by atoms with E-state index in [0.29, 0.717) is 22.4 Å². The lowest BCUT2D eigenvalue weighted by molar-refractivity contribution is 0.0577. The van der Waals surface area contributed by atoms with E-state index in [1.165, 1.54) is 11.3 Å². The van der Waals surface area contributed by atoms with Crippen LogP contribution in [0.3, 0.4) is 0 Å². The molecule has 1 aromatic heterocycles. The fourth-order valence-corrected chi connectivity index (χ4v) is 5.84. The van der Waals surface area contributed by atoms with E-state index in [4.69, 9.17) is 16.3 Å². The van der Waals surface area contributed by atoms with Gasteiger partial charge in [0, 0.05) is 28.8 Å². The van der Waals surface area contributed by atoms with Gasteiger partial charge in [0.25, 0.3) is 0 Å². The molecule has 1 aromatic carbocycles. The van der Waals surface area contributed by atoms with Crippen molar-refractivity contribution in [3.63, 3.8) is 0 Å². The summed E-state index contributed by atoms with van der Waals surface area (Å²) in [5, 5.41) is 4.76. The number of ether oxygens (including phenoxy) is 1. The summed E-state index contributed by atoms with van der Waals surface area (Å²) in [7, 11) is -1.88. The van der Waals surface area contributed by atoms with Crippen molar-refractivity contribution in [3.8, 4) is 0 Å². The second kappa shape index (κ2) is 7.27. The highest BCUT2D eigenvalue weighted by Gasteiger charge is 2.33. The minimum Gasteiger partial charge on any atom is -0.384 e. The molecule has 1 aliphatic rings. The maximum atomic E-state index is 12.7. The summed E-state index contributed by atoms with van der Waals surface area (Å²) < 4.78 is 34.7. The van der Waals surface area contributed by atoms with E-state index in [-0.39, 0.29) is 5.41 Å². The van der Waals surface area contributed by atoms with Crippen LogP contribution in [0.5, 0.6) is 0 Å². The zero-order valence-electron chi connectivity index (χ0n) is 13.5. The van der Waals surface area contributed by atoms with E-state index in [1.54, 1.807) is 25.3 Å². The second-order valence-electron chi connectivity index (χ2n) is 6.26. The van der Waals surface area contributed by atoms with Crippen LogP contribution in [0.15, 0.2) is 28.5 Å². The molecular formula is C16H21ClN2O3S2. The number of fused-ring (bicyclic) bond motifs is 1. The number of sulfonamides is 1. The molecular weight excluding hydrogens is 368 g/mol. The van der Waals surface area contributed by atoms with Crippen molar-refractivity contribution in [1.29, 1.82) is 0 Å². The third-order valence-electron chi connectivity index (χ3n) is 4.47. The van der Waals surface area contributed by atoms with Crippen LogP contribution in [0, 0.1) is 5.41 Å². The molecule has 0 spiro atoms. The summed E-state index contributed by atoms with van der Waals surface area (Å²) in [5.41, 5.74) is -0.146. The molecule has 2 N–H and O–H groups in total. The summed E-state index contributed by atoms with van der Waals surface area (Å²) in [6.45, 7) is 2.71. The van der Waals surface area contributed by atoms with Crippen LogP contribution in [0.25, 0.3) is 10.1 Å². The van der Waals surface area contributed by atoms with Crippen LogP contribution >= 0.6 is 22.9 Å². The molecule has 5 nitrogen and oxygen atoms in total. The summed E-state index contributed by atoms with van der Waals surface area (Å²) >= 11 is 7.24. The van der Waals surface area contributed by atoms with Crippen molar-refractivity contribution in [2.45, 2.75) is 17.1 Å². The van der Waals surface area contributed by atoms with Gasteiger partial charge in [-0.1, -0.05) is 11.6 Å². The van der Waals surface area contributed by atoms with E-state index in [2.05, 4.69) is 10.0 Å². The Labute approximate surface area is 151 Å². The number of thiophene rings is 1. The third kappa shape index (κ3) is 3.92. The van der Waals surface area contributed by atoms with E-state index in [0.717, 1.165) is 36.0 Å². The number of nitrogens with one attached hydrogen (secondary N) is 2. The Balaban J connectivity index is 1.79. The molecule has 1 aliphatic heterocycles. The van der Waals surface area contributed by atoms with E-state index < -0.39 is 10.0 Å². The second-order valence-corrected chi connectivity index (χ2v) is 9.77. The first-order chi connectivity index (χ1) is 11.4. The van der Waals surface area contributed by atoms with Gasteiger partial charge in [0.1, 0.15) is 4.21 Å². The number of benzene rings is 1. The first-order valence-corrected chi connectivity index (χ1v) is 10.5. The molecule has 132 valence electrons. The fourth-order valence-electron chi connectivity index (χ4n) is 3.08. The molecule has 1 saturated heterocycles. The molecule has 24 heavy (non-hydrogen) atoms. The highest BCUT2D eigenvalue weighted by atomic mass is 35.5. The van der Waals surface area contributed by atoms with Crippen molar-refractivity contribution >= 4 is 43.0 Å². The smallest absolute Gasteiger partial charge is 0.250 e. The van der Waals surface area contributed by atoms with Crippen LogP contribution in [-0.4, -0.2) is 41.8 Å². The van der Waals surface area contributed by atoms with Gasteiger partial charge in [0.05, 0.1) is 6.61 Å². The van der Waals surface area contributed by atoms with Crippen molar-refractivity contribution < 1.29 is 13.2 Å². The Kier molecular flexibility index (Phi) is 5.48. The van der Waals surface area contributed by atoms with E-state index >= 15 is 0 Å². The lowest BCUT2D eigenvalue weighted by Gasteiger charge is -2.37. The standard InChI is InChI=1S/C16H21ClN2O3S2/c1-22-11-16(4-6-18-7-5-16)10-19-24(20,21)15-9-12-8-13(17)2-3-14(12)23-15/h2-3,8-9,18-19H,4-7,10-11H2,1H3. The van der Waals surface area contributed by atoms with Crippen LogP contribution in [-0.2, 0) is 14.8 Å². The Morgan fingerprint density at radius 2 is 2.08 bits per heavy atom. The number of piperidine rings is 1. The first-order valence-electron chi connectivity index (χ1n) is 7.83. The molecule has 0 radical (unpaired) electrons. The quantitative estimate of drug-likeness (QED) is 0.798. The normalized spacial score (nSPS) is 18.1. The van der Waals surface area contributed by atoms with Gasteiger partial charge in [-0.05, 0) is 55.6 Å². The van der Waals surface area contributed by atoms with Crippen molar-refractivity contribution in [2.24, 2.45) is 5.41 Å². The van der Waals surface area contributed by atoms with Gasteiger partial charge in [-0.3, -0.25) is 0 Å². The molecule has 0 bridgehead atoms. The van der Waals surface area contributed by atoms with Crippen LogP contribution in [0.4, 0.5) is 0 Å². The molecule has 8 heteroatoms. The summed E-state index contributed by atoms with van der Waals surface area (Å²) in [6, 6.07) is 7.08. The number of methoxy groups -OCH3 is 1. The fraction of sp³-hybridized carbons (Fsp3) is 0.500. The molecule has 2 heterocycles. The summed E-state index contributed by atoms with van der Waals surface area (Å²) in [5.74, 6) is 0. The minimum atomic E-state index is -3.54. The first kappa shape index (κ1) is 18.1. The number of hydrogen-bond donors (Lipinski definition) is 2. The highest BCUT2D eigenvalue weighted by molar-refractivity contribution is 7.91. The van der Waals surface area contributed by atoms with Crippen molar-refractivity contribution in [1.82, 2.24) is 10.0 Å². The lowest BCUT2D eigenvalue weighted by atomic mass is 9.80. The molecule has 2 aromatic rings. The van der Waals surface area contributed by atoms with Crippen LogP contribution in [0.2, 0.25) is 5.02 Å². The van der Waals surface area contributed by atoms with Gasteiger partial charge in [0.2, 0.25) is 10.0 Å². The average Bonchev–Trinajstić information content (AvgIpc) is 2.98. The Morgan fingerprint density at radius 3 is 2.79 bits per heavy atom. The number of hydrogen-bond acceptors (Lipinski definition) is 5. The van der Waals surface area contributed by atoms with E-state index in [1.807, 2.05) is 6.07 Å². The SMILES string of the molecule is COCC1(CNS(=O)(=O)c2cc3cc(Cl)ccc3s2)CCNCC1. The predicted molar refractivity (Wildman–Crippen MR) is 98.4 cm³/mol. The van der Waals surface area contributed by atoms with Gasteiger partial charge in [0.15, 0.2) is 0 Å². The lowest BCUT2D eigenvalue weighted by Crippen LogP contribution is -2.47. The molecule has 1 fully saturated rings. The molecule has 0 amide bonds. The maximum absolute atomic E-state index is 12.7. The van der Waals surface area contributed by atoms with Crippen molar-refractivity contribution in [3.05, 3.63) is 29.3 Å². The van der Waals surface area contributed by atoms with Crippen LogP contribution in [0.1, 0.15) is 12.8 Å². The van der Waals surface area contributed by atoms with Gasteiger partial charge < -0.3 is 10.1 Å². The zero-order chi connectivity index (χ0) is 17.2. The third-order valence-corrected chi connectivity index (χ3v) is 7.70. The number of rotatable bonds is 6. The molecule has 3 rings (SSSR count). The molecule has 0 unspecified atom stereocenters. The largest absolute Gasteiger partial charge is 0.384 e. The monoisotopic (exact) mass is 388 g/mol. The maximum Gasteiger partial charge on any atom is 0.250 e. The predicted octanol–water partition coefficient (Wildman–Crippen LogP) is 2.85. The van der Waals surface area contributed by atoms with Gasteiger partial charge >= 0.3 is 0 Å². The average molecular weight is 389 g/mol. The van der Waals surface area contributed by atoms with Crippen LogP contribution < -0.4 is 10.0 Å². The number of halogens is 1. The van der Waals surface area contributed by atoms with Gasteiger partial charge in [-0.15, -0.1) is 11.3 Å². The molecule has 0 saturated carbocycles. The summed E-state index contributed by atoms with van der Waals surface area (Å²) in [6.07, 6.45) is 1.79. The Hall–Kier alpha value is -0.700. The van der Waals surface area contributed by atoms with Gasteiger partial charge in [-0.25, -0.2) is 13.1 Å².